The smallest absolute Gasteiger partial charge is 0.238 e. The highest BCUT2D eigenvalue weighted by atomic mass is 16.1. The molecule has 0 radical (unpaired) electrons. The van der Waals surface area contributed by atoms with Crippen LogP contribution in [0.4, 0.5) is 5.69 Å². The highest BCUT2D eigenvalue weighted by molar-refractivity contribution is 5.92. The van der Waals surface area contributed by atoms with Crippen LogP contribution in [0, 0.1) is 5.92 Å². The summed E-state index contributed by atoms with van der Waals surface area (Å²) < 4.78 is 0. The van der Waals surface area contributed by atoms with Crippen LogP contribution >= 0.6 is 0 Å². The summed E-state index contributed by atoms with van der Waals surface area (Å²) in [6.45, 7) is 2.60. The first kappa shape index (κ1) is 14.1. The van der Waals surface area contributed by atoms with E-state index in [0.717, 1.165) is 11.6 Å². The van der Waals surface area contributed by atoms with Crippen LogP contribution in [0.1, 0.15) is 39.0 Å². The predicted octanol–water partition coefficient (Wildman–Crippen LogP) is 3.18. The minimum absolute atomic E-state index is 0.0360. The van der Waals surface area contributed by atoms with Gasteiger partial charge in [-0.25, -0.2) is 0 Å². The summed E-state index contributed by atoms with van der Waals surface area (Å²) in [6, 6.07) is 10.0. The fourth-order valence-electron chi connectivity index (χ4n) is 2.78. The number of anilines is 1. The van der Waals surface area contributed by atoms with Gasteiger partial charge in [-0.15, -0.1) is 0 Å². The standard InChI is InChI=1S/C16H24N2O/c1-13(14-8-4-2-5-9-14)17-12-16(19)18-15-10-6-3-7-11-15/h3,6-7,10-11,13-14,17H,2,4-5,8-9,12H2,1H3,(H,18,19)/t13-/m0/s1. The first-order valence-corrected chi connectivity index (χ1v) is 7.34. The van der Waals surface area contributed by atoms with Gasteiger partial charge in [0.1, 0.15) is 0 Å². The molecule has 3 nitrogen and oxygen atoms in total. The lowest BCUT2D eigenvalue weighted by Crippen LogP contribution is -2.39. The van der Waals surface area contributed by atoms with Crippen molar-refractivity contribution in [3.63, 3.8) is 0 Å². The Morgan fingerprint density at radius 2 is 1.89 bits per heavy atom. The Hall–Kier alpha value is -1.35. The lowest BCUT2D eigenvalue weighted by Gasteiger charge is -2.28. The van der Waals surface area contributed by atoms with Crippen LogP contribution in [-0.4, -0.2) is 18.5 Å². The number of carbonyl (C=O) groups excluding carboxylic acids is 1. The topological polar surface area (TPSA) is 41.1 Å². The fraction of sp³-hybridized carbons (Fsp3) is 0.562. The van der Waals surface area contributed by atoms with Crippen molar-refractivity contribution >= 4 is 11.6 Å². The quantitative estimate of drug-likeness (QED) is 0.853. The second-order valence-electron chi connectivity index (χ2n) is 5.48. The number of para-hydroxylation sites is 1. The predicted molar refractivity (Wildman–Crippen MR) is 79.1 cm³/mol. The van der Waals surface area contributed by atoms with E-state index in [2.05, 4.69) is 17.6 Å². The molecule has 0 aromatic heterocycles. The van der Waals surface area contributed by atoms with E-state index >= 15 is 0 Å². The Morgan fingerprint density at radius 3 is 2.58 bits per heavy atom. The van der Waals surface area contributed by atoms with Crippen molar-refractivity contribution in [3.8, 4) is 0 Å². The van der Waals surface area contributed by atoms with Crippen LogP contribution < -0.4 is 10.6 Å². The molecule has 0 aliphatic heterocycles. The Kier molecular flexibility index (Phi) is 5.40. The van der Waals surface area contributed by atoms with Gasteiger partial charge < -0.3 is 10.6 Å². The van der Waals surface area contributed by atoms with Crippen LogP contribution in [0.5, 0.6) is 0 Å². The zero-order valence-electron chi connectivity index (χ0n) is 11.7. The van der Waals surface area contributed by atoms with Crippen molar-refractivity contribution in [1.29, 1.82) is 0 Å². The molecule has 19 heavy (non-hydrogen) atoms. The molecule has 1 atom stereocenters. The Balaban J connectivity index is 1.71. The molecule has 1 fully saturated rings. The molecule has 1 aliphatic rings. The molecule has 0 heterocycles. The van der Waals surface area contributed by atoms with E-state index in [1.807, 2.05) is 30.3 Å². The minimum Gasteiger partial charge on any atom is -0.325 e. The van der Waals surface area contributed by atoms with E-state index in [-0.39, 0.29) is 5.91 Å². The number of amides is 1. The molecule has 2 rings (SSSR count). The summed E-state index contributed by atoms with van der Waals surface area (Å²) in [4.78, 5) is 11.8. The molecule has 0 saturated heterocycles. The molecule has 1 aliphatic carbocycles. The first-order chi connectivity index (χ1) is 9.25. The molecule has 1 amide bonds. The van der Waals surface area contributed by atoms with Crippen LogP contribution in [0.2, 0.25) is 0 Å². The van der Waals surface area contributed by atoms with Crippen LogP contribution in [0.15, 0.2) is 30.3 Å². The number of nitrogens with one attached hydrogen (secondary N) is 2. The summed E-state index contributed by atoms with van der Waals surface area (Å²) in [5.74, 6) is 0.770. The Bertz CT molecular complexity index is 385. The highest BCUT2D eigenvalue weighted by Gasteiger charge is 2.20. The number of hydrogen-bond acceptors (Lipinski definition) is 2. The van der Waals surface area contributed by atoms with Crippen molar-refractivity contribution in [1.82, 2.24) is 5.32 Å². The monoisotopic (exact) mass is 260 g/mol. The third-order valence-corrected chi connectivity index (χ3v) is 4.00. The molecule has 1 saturated carbocycles. The van der Waals surface area contributed by atoms with Gasteiger partial charge in [-0.05, 0) is 37.8 Å². The second kappa shape index (κ2) is 7.29. The maximum absolute atomic E-state index is 11.8. The van der Waals surface area contributed by atoms with Gasteiger partial charge in [0.25, 0.3) is 0 Å². The lowest BCUT2D eigenvalue weighted by atomic mass is 9.84. The van der Waals surface area contributed by atoms with Crippen molar-refractivity contribution in [2.24, 2.45) is 5.92 Å². The third-order valence-electron chi connectivity index (χ3n) is 4.00. The summed E-state index contributed by atoms with van der Waals surface area (Å²) in [7, 11) is 0. The van der Waals surface area contributed by atoms with Gasteiger partial charge in [-0.1, -0.05) is 37.5 Å². The van der Waals surface area contributed by atoms with E-state index in [0.29, 0.717) is 12.6 Å². The van der Waals surface area contributed by atoms with Crippen molar-refractivity contribution < 1.29 is 4.79 Å². The number of hydrogen-bond donors (Lipinski definition) is 2. The molecule has 2 N–H and O–H groups in total. The fourth-order valence-corrected chi connectivity index (χ4v) is 2.78. The largest absolute Gasteiger partial charge is 0.325 e. The molecule has 0 bridgehead atoms. The highest BCUT2D eigenvalue weighted by Crippen LogP contribution is 2.26. The summed E-state index contributed by atoms with van der Waals surface area (Å²) in [5.41, 5.74) is 0.861. The normalized spacial score (nSPS) is 17.9. The molecule has 3 heteroatoms. The molecule has 1 aromatic rings. The molecule has 0 spiro atoms. The number of carbonyl (C=O) groups is 1. The average molecular weight is 260 g/mol. The van der Waals surface area contributed by atoms with Gasteiger partial charge >= 0.3 is 0 Å². The van der Waals surface area contributed by atoms with E-state index in [1.54, 1.807) is 0 Å². The Morgan fingerprint density at radius 1 is 1.21 bits per heavy atom. The van der Waals surface area contributed by atoms with E-state index in [9.17, 15) is 4.79 Å². The van der Waals surface area contributed by atoms with E-state index < -0.39 is 0 Å². The minimum atomic E-state index is 0.0360. The zero-order valence-corrected chi connectivity index (χ0v) is 11.7. The van der Waals surface area contributed by atoms with E-state index in [4.69, 9.17) is 0 Å². The zero-order chi connectivity index (χ0) is 13.5. The van der Waals surface area contributed by atoms with Crippen molar-refractivity contribution in [3.05, 3.63) is 30.3 Å². The van der Waals surface area contributed by atoms with Gasteiger partial charge in [-0.2, -0.15) is 0 Å². The van der Waals surface area contributed by atoms with Crippen molar-refractivity contribution in [2.45, 2.75) is 45.1 Å². The van der Waals surface area contributed by atoms with Crippen LogP contribution in [0.3, 0.4) is 0 Å². The Labute approximate surface area is 115 Å². The summed E-state index contributed by atoms with van der Waals surface area (Å²) >= 11 is 0. The van der Waals surface area contributed by atoms with Gasteiger partial charge in [0.15, 0.2) is 0 Å². The summed E-state index contributed by atoms with van der Waals surface area (Å²) in [5, 5.41) is 6.26. The van der Waals surface area contributed by atoms with Crippen LogP contribution in [-0.2, 0) is 4.79 Å². The molecule has 104 valence electrons. The van der Waals surface area contributed by atoms with Crippen molar-refractivity contribution in [2.75, 3.05) is 11.9 Å². The van der Waals surface area contributed by atoms with Crippen LogP contribution in [0.25, 0.3) is 0 Å². The van der Waals surface area contributed by atoms with Gasteiger partial charge in [0.05, 0.1) is 6.54 Å². The molecule has 1 aromatic carbocycles. The first-order valence-electron chi connectivity index (χ1n) is 7.34. The van der Waals surface area contributed by atoms with E-state index in [1.165, 1.54) is 32.1 Å². The third kappa shape index (κ3) is 4.67. The second-order valence-corrected chi connectivity index (χ2v) is 5.48. The van der Waals surface area contributed by atoms with Gasteiger partial charge in [0, 0.05) is 11.7 Å². The maximum Gasteiger partial charge on any atom is 0.238 e. The molecule has 0 unspecified atom stereocenters. The average Bonchev–Trinajstić information content (AvgIpc) is 2.47. The number of rotatable bonds is 5. The molecular weight excluding hydrogens is 236 g/mol. The van der Waals surface area contributed by atoms with Gasteiger partial charge in [0.2, 0.25) is 5.91 Å². The van der Waals surface area contributed by atoms with Gasteiger partial charge in [-0.3, -0.25) is 4.79 Å². The number of benzene rings is 1. The maximum atomic E-state index is 11.8. The summed E-state index contributed by atoms with van der Waals surface area (Å²) in [6.07, 6.45) is 6.65. The molecular formula is C16H24N2O. The lowest BCUT2D eigenvalue weighted by molar-refractivity contribution is -0.115. The SMILES string of the molecule is C[C@H](NCC(=O)Nc1ccccc1)C1CCCCC1.